The number of benzene rings is 1. The number of alkyl halides is 3. The van der Waals surface area contributed by atoms with Crippen LogP contribution in [0, 0.1) is 0 Å². The lowest BCUT2D eigenvalue weighted by Gasteiger charge is -2.08. The van der Waals surface area contributed by atoms with Crippen LogP contribution < -0.4 is 0 Å². The minimum Gasteiger partial charge on any atom is -0.265 e. The molecule has 6 nitrogen and oxygen atoms in total. The SMILES string of the molecule is CS(=O)(=O)OCc1ccc(S(=O)(=O)OC(F)(F)F)cc1. The maximum Gasteiger partial charge on any atom is 0.537 e. The first-order valence-corrected chi connectivity index (χ1v) is 8.07. The van der Waals surface area contributed by atoms with E-state index < -0.39 is 31.5 Å². The molecule has 1 aromatic carbocycles. The van der Waals surface area contributed by atoms with Crippen molar-refractivity contribution in [2.24, 2.45) is 0 Å². The van der Waals surface area contributed by atoms with Crippen molar-refractivity contribution in [2.75, 3.05) is 6.26 Å². The van der Waals surface area contributed by atoms with Gasteiger partial charge in [-0.2, -0.15) is 21.0 Å². The van der Waals surface area contributed by atoms with E-state index in [9.17, 15) is 30.0 Å². The first-order valence-electron chi connectivity index (χ1n) is 4.85. The zero-order valence-corrected chi connectivity index (χ0v) is 11.5. The first-order chi connectivity index (χ1) is 8.89. The van der Waals surface area contributed by atoms with Gasteiger partial charge in [-0.3, -0.25) is 4.18 Å². The normalized spacial score (nSPS) is 13.4. The lowest BCUT2D eigenvalue weighted by atomic mass is 10.2. The quantitative estimate of drug-likeness (QED) is 0.756. The van der Waals surface area contributed by atoms with Gasteiger partial charge < -0.3 is 0 Å². The van der Waals surface area contributed by atoms with Crippen LogP contribution in [0.25, 0.3) is 0 Å². The molecule has 0 aliphatic heterocycles. The molecule has 0 bridgehead atoms. The van der Waals surface area contributed by atoms with Crippen molar-refractivity contribution in [3.05, 3.63) is 29.8 Å². The molecule has 0 amide bonds. The summed E-state index contributed by atoms with van der Waals surface area (Å²) in [6.07, 6.45) is -4.50. The maximum absolute atomic E-state index is 11.9. The predicted octanol–water partition coefficient (Wildman–Crippen LogP) is 1.39. The van der Waals surface area contributed by atoms with Gasteiger partial charge in [0.15, 0.2) is 0 Å². The number of hydrogen-bond donors (Lipinski definition) is 0. The Morgan fingerprint density at radius 3 is 1.95 bits per heavy atom. The van der Waals surface area contributed by atoms with E-state index in [4.69, 9.17) is 0 Å². The highest BCUT2D eigenvalue weighted by Crippen LogP contribution is 2.24. The highest BCUT2D eigenvalue weighted by Gasteiger charge is 2.37. The molecule has 0 spiro atoms. The Labute approximate surface area is 113 Å². The number of rotatable bonds is 5. The summed E-state index contributed by atoms with van der Waals surface area (Å²) >= 11 is 0. The van der Waals surface area contributed by atoms with Crippen molar-refractivity contribution >= 4 is 20.2 Å². The van der Waals surface area contributed by atoms with Crippen LogP contribution >= 0.6 is 0 Å². The number of halogens is 3. The van der Waals surface area contributed by atoms with Gasteiger partial charge in [0.25, 0.3) is 10.1 Å². The molecule has 0 fully saturated rings. The minimum atomic E-state index is -5.32. The average molecular weight is 334 g/mol. The van der Waals surface area contributed by atoms with Crippen molar-refractivity contribution in [1.82, 2.24) is 0 Å². The summed E-state index contributed by atoms with van der Waals surface area (Å²) in [7, 11) is -8.64. The molecule has 1 rings (SSSR count). The second-order valence-corrected chi connectivity index (χ2v) is 6.78. The van der Waals surface area contributed by atoms with Crippen LogP contribution in [0.2, 0.25) is 0 Å². The van der Waals surface area contributed by atoms with E-state index in [1.54, 1.807) is 0 Å². The summed E-state index contributed by atoms with van der Waals surface area (Å²) in [5, 5.41) is 0. The summed E-state index contributed by atoms with van der Waals surface area (Å²) in [5.74, 6) is 0. The van der Waals surface area contributed by atoms with E-state index >= 15 is 0 Å². The third-order valence-corrected chi connectivity index (χ3v) is 3.66. The van der Waals surface area contributed by atoms with Crippen LogP contribution in [-0.4, -0.2) is 29.5 Å². The zero-order chi connectivity index (χ0) is 15.6. The first kappa shape index (κ1) is 16.9. The molecule has 0 saturated heterocycles. The topological polar surface area (TPSA) is 86.7 Å². The van der Waals surface area contributed by atoms with E-state index in [1.165, 1.54) is 0 Å². The van der Waals surface area contributed by atoms with Crippen molar-refractivity contribution in [3.8, 4) is 0 Å². The second kappa shape index (κ2) is 5.68. The van der Waals surface area contributed by atoms with E-state index in [0.29, 0.717) is 0 Å². The molecule has 20 heavy (non-hydrogen) atoms. The fourth-order valence-corrected chi connectivity index (χ4v) is 2.26. The molecule has 0 saturated carbocycles. The third kappa shape index (κ3) is 5.86. The highest BCUT2D eigenvalue weighted by molar-refractivity contribution is 7.86. The van der Waals surface area contributed by atoms with Gasteiger partial charge in [-0.15, -0.1) is 13.2 Å². The van der Waals surface area contributed by atoms with E-state index in [-0.39, 0.29) is 12.2 Å². The Hall–Kier alpha value is -1.17. The Kier molecular flexibility index (Phi) is 4.79. The summed E-state index contributed by atoms with van der Waals surface area (Å²) in [6, 6.07) is 3.92. The van der Waals surface area contributed by atoms with Crippen LogP contribution in [0.4, 0.5) is 13.2 Å². The Bertz CT molecular complexity index is 661. The molecule has 0 atom stereocenters. The van der Waals surface area contributed by atoms with Crippen LogP contribution in [-0.2, 0) is 35.2 Å². The van der Waals surface area contributed by atoms with Crippen LogP contribution in [0.15, 0.2) is 29.2 Å². The standard InChI is InChI=1S/C9H9F3O6S2/c1-19(13,14)17-6-7-2-4-8(5-3-7)20(15,16)18-9(10,11)12/h2-5H,6H2,1H3. The molecule has 0 unspecified atom stereocenters. The molecule has 0 heterocycles. The van der Waals surface area contributed by atoms with Crippen molar-refractivity contribution in [1.29, 1.82) is 0 Å². The fourth-order valence-electron chi connectivity index (χ4n) is 1.10. The van der Waals surface area contributed by atoms with Gasteiger partial charge in [0.1, 0.15) is 0 Å². The lowest BCUT2D eigenvalue weighted by Crippen LogP contribution is -2.19. The van der Waals surface area contributed by atoms with Gasteiger partial charge in [0.2, 0.25) is 0 Å². The van der Waals surface area contributed by atoms with Crippen molar-refractivity contribution < 1.29 is 38.4 Å². The van der Waals surface area contributed by atoms with Gasteiger partial charge in [-0.25, -0.2) is 0 Å². The Morgan fingerprint density at radius 1 is 1.05 bits per heavy atom. The predicted molar refractivity (Wildman–Crippen MR) is 60.4 cm³/mol. The third-order valence-electron chi connectivity index (χ3n) is 1.86. The van der Waals surface area contributed by atoms with Gasteiger partial charge in [0.05, 0.1) is 17.8 Å². The second-order valence-electron chi connectivity index (χ2n) is 3.59. The molecule has 0 radical (unpaired) electrons. The monoisotopic (exact) mass is 334 g/mol. The van der Waals surface area contributed by atoms with E-state index in [2.05, 4.69) is 8.37 Å². The van der Waals surface area contributed by atoms with Crippen molar-refractivity contribution in [2.45, 2.75) is 17.9 Å². The average Bonchev–Trinajstić information content (AvgIpc) is 2.22. The summed E-state index contributed by atoms with van der Waals surface area (Å²) in [4.78, 5) is -0.710. The molecule has 0 N–H and O–H groups in total. The van der Waals surface area contributed by atoms with E-state index in [0.717, 1.165) is 30.5 Å². The molecule has 0 aliphatic rings. The molecule has 1 aromatic rings. The smallest absolute Gasteiger partial charge is 0.265 e. The molecule has 0 aromatic heterocycles. The Morgan fingerprint density at radius 2 is 1.55 bits per heavy atom. The van der Waals surface area contributed by atoms with Gasteiger partial charge in [0, 0.05) is 0 Å². The Balaban J connectivity index is 2.86. The molecule has 114 valence electrons. The summed E-state index contributed by atoms with van der Waals surface area (Å²) in [6.45, 7) is -0.362. The van der Waals surface area contributed by atoms with Gasteiger partial charge in [-0.05, 0) is 17.7 Å². The maximum atomic E-state index is 11.9. The summed E-state index contributed by atoms with van der Waals surface area (Å²) in [5.41, 5.74) is 0.265. The van der Waals surface area contributed by atoms with Crippen LogP contribution in [0.1, 0.15) is 5.56 Å². The molecule has 11 heteroatoms. The largest absolute Gasteiger partial charge is 0.537 e. The lowest BCUT2D eigenvalue weighted by molar-refractivity contribution is -0.271. The fraction of sp³-hybridized carbons (Fsp3) is 0.333. The molecular formula is C9H9F3O6S2. The number of hydrogen-bond acceptors (Lipinski definition) is 6. The molecule has 0 aliphatic carbocycles. The van der Waals surface area contributed by atoms with Crippen LogP contribution in [0.5, 0.6) is 0 Å². The van der Waals surface area contributed by atoms with Gasteiger partial charge >= 0.3 is 16.5 Å². The molecular weight excluding hydrogens is 325 g/mol. The highest BCUT2D eigenvalue weighted by atomic mass is 32.2. The van der Waals surface area contributed by atoms with Gasteiger partial charge in [-0.1, -0.05) is 12.1 Å². The van der Waals surface area contributed by atoms with Crippen LogP contribution in [0.3, 0.4) is 0 Å². The zero-order valence-electron chi connectivity index (χ0n) is 9.92. The van der Waals surface area contributed by atoms with Crippen molar-refractivity contribution in [3.63, 3.8) is 0 Å². The summed E-state index contributed by atoms with van der Waals surface area (Å²) < 4.78 is 86.9. The minimum absolute atomic E-state index is 0.265. The van der Waals surface area contributed by atoms with E-state index in [1.807, 2.05) is 0 Å².